The van der Waals surface area contributed by atoms with E-state index in [0.29, 0.717) is 0 Å². The van der Waals surface area contributed by atoms with Crippen molar-refractivity contribution in [2.45, 2.75) is 6.04 Å². The lowest BCUT2D eigenvalue weighted by molar-refractivity contribution is 0.884. The van der Waals surface area contributed by atoms with Gasteiger partial charge in [0.15, 0.2) is 5.13 Å². The highest BCUT2D eigenvalue weighted by Gasteiger charge is 2.16. The molecule has 0 saturated heterocycles. The summed E-state index contributed by atoms with van der Waals surface area (Å²) in [6.45, 7) is 0. The topological polar surface area (TPSA) is 37.8 Å². The first-order valence-electron chi connectivity index (χ1n) is 8.14. The minimum Gasteiger partial charge on any atom is -0.349 e. The second-order valence-corrected chi connectivity index (χ2v) is 6.67. The van der Waals surface area contributed by atoms with Gasteiger partial charge >= 0.3 is 0 Å². The molecule has 3 nitrogen and oxygen atoms in total. The van der Waals surface area contributed by atoms with E-state index in [9.17, 15) is 0 Å². The van der Waals surface area contributed by atoms with Crippen LogP contribution in [-0.4, -0.2) is 9.97 Å². The second-order valence-electron chi connectivity index (χ2n) is 5.64. The van der Waals surface area contributed by atoms with Gasteiger partial charge in [-0.15, -0.1) is 0 Å². The maximum absolute atomic E-state index is 4.56. The van der Waals surface area contributed by atoms with Crippen molar-refractivity contribution in [2.75, 3.05) is 5.32 Å². The predicted octanol–water partition coefficient (Wildman–Crippen LogP) is 5.41. The largest absolute Gasteiger partial charge is 0.349 e. The summed E-state index contributed by atoms with van der Waals surface area (Å²) in [5, 5.41) is 4.43. The van der Waals surface area contributed by atoms with Crippen molar-refractivity contribution in [1.29, 1.82) is 0 Å². The van der Waals surface area contributed by atoms with Crippen molar-refractivity contribution in [2.24, 2.45) is 0 Å². The van der Waals surface area contributed by atoms with E-state index < -0.39 is 0 Å². The van der Waals surface area contributed by atoms with Gasteiger partial charge in [0.25, 0.3) is 0 Å². The van der Waals surface area contributed by atoms with E-state index in [4.69, 9.17) is 0 Å². The van der Waals surface area contributed by atoms with Crippen LogP contribution < -0.4 is 5.32 Å². The van der Waals surface area contributed by atoms with Gasteiger partial charge in [-0.3, -0.25) is 4.98 Å². The van der Waals surface area contributed by atoms with Crippen LogP contribution in [0.15, 0.2) is 91.3 Å². The lowest BCUT2D eigenvalue weighted by Gasteiger charge is -2.18. The molecule has 4 heteroatoms. The monoisotopic (exact) mass is 343 g/mol. The first-order valence-corrected chi connectivity index (χ1v) is 8.95. The molecule has 1 atom stereocenters. The Labute approximate surface area is 151 Å². The van der Waals surface area contributed by atoms with Crippen molar-refractivity contribution >= 4 is 16.5 Å². The number of nitrogens with one attached hydrogen (secondary N) is 1. The molecule has 0 spiro atoms. The van der Waals surface area contributed by atoms with Crippen LogP contribution >= 0.6 is 11.3 Å². The van der Waals surface area contributed by atoms with Crippen LogP contribution in [0.3, 0.4) is 0 Å². The van der Waals surface area contributed by atoms with E-state index in [1.54, 1.807) is 11.3 Å². The fraction of sp³-hybridized carbons (Fsp3) is 0.0476. The van der Waals surface area contributed by atoms with Crippen LogP contribution in [0.25, 0.3) is 10.4 Å². The van der Waals surface area contributed by atoms with Gasteiger partial charge in [0.2, 0.25) is 0 Å². The molecule has 2 aromatic carbocycles. The third kappa shape index (κ3) is 3.59. The SMILES string of the molecule is c1ccc(-c2cnc(NC(c3ccccc3)c3ccccn3)s2)cc1. The zero-order valence-corrected chi connectivity index (χ0v) is 14.4. The maximum Gasteiger partial charge on any atom is 0.184 e. The van der Waals surface area contributed by atoms with Crippen LogP contribution in [0.1, 0.15) is 17.3 Å². The van der Waals surface area contributed by atoms with Crippen LogP contribution in [-0.2, 0) is 0 Å². The van der Waals surface area contributed by atoms with Crippen molar-refractivity contribution in [1.82, 2.24) is 9.97 Å². The average molecular weight is 343 g/mol. The van der Waals surface area contributed by atoms with Gasteiger partial charge in [0.05, 0.1) is 16.6 Å². The van der Waals surface area contributed by atoms with E-state index in [0.717, 1.165) is 21.3 Å². The highest BCUT2D eigenvalue weighted by atomic mass is 32.1. The lowest BCUT2D eigenvalue weighted by Crippen LogP contribution is -2.13. The highest BCUT2D eigenvalue weighted by Crippen LogP contribution is 2.32. The van der Waals surface area contributed by atoms with Crippen LogP contribution in [0.4, 0.5) is 5.13 Å². The number of aromatic nitrogens is 2. The smallest absolute Gasteiger partial charge is 0.184 e. The molecule has 4 rings (SSSR count). The van der Waals surface area contributed by atoms with E-state index in [2.05, 4.69) is 39.6 Å². The van der Waals surface area contributed by atoms with Crippen molar-refractivity contribution in [3.8, 4) is 10.4 Å². The van der Waals surface area contributed by atoms with Gasteiger partial charge in [0.1, 0.15) is 0 Å². The summed E-state index contributed by atoms with van der Waals surface area (Å²) in [5.74, 6) is 0. The Morgan fingerprint density at radius 1 is 0.760 bits per heavy atom. The molecular weight excluding hydrogens is 326 g/mol. The number of nitrogens with zero attached hydrogens (tertiary/aromatic N) is 2. The molecule has 0 aliphatic heterocycles. The van der Waals surface area contributed by atoms with Crippen LogP contribution in [0.5, 0.6) is 0 Å². The standard InChI is InChI=1S/C21H17N3S/c1-3-9-16(10-4-1)19-15-23-21(25-19)24-20(17-11-5-2-6-12-17)18-13-7-8-14-22-18/h1-15,20H,(H,23,24). The Kier molecular flexibility index (Phi) is 4.53. The summed E-state index contributed by atoms with van der Waals surface area (Å²) in [6, 6.07) is 26.6. The summed E-state index contributed by atoms with van der Waals surface area (Å²) in [5.41, 5.74) is 3.32. The van der Waals surface area contributed by atoms with Crippen LogP contribution in [0.2, 0.25) is 0 Å². The molecule has 0 saturated carbocycles. The Hall–Kier alpha value is -2.98. The molecule has 0 bridgehead atoms. The third-order valence-corrected chi connectivity index (χ3v) is 4.93. The summed E-state index contributed by atoms with van der Waals surface area (Å²) < 4.78 is 0. The van der Waals surface area contributed by atoms with Gasteiger partial charge in [-0.05, 0) is 23.3 Å². The second kappa shape index (κ2) is 7.28. The van der Waals surface area contributed by atoms with Gasteiger partial charge in [-0.25, -0.2) is 4.98 Å². The van der Waals surface area contributed by atoms with Gasteiger partial charge in [0, 0.05) is 12.4 Å². The highest BCUT2D eigenvalue weighted by molar-refractivity contribution is 7.18. The minimum absolute atomic E-state index is 0.0304. The molecule has 25 heavy (non-hydrogen) atoms. The Morgan fingerprint density at radius 3 is 2.20 bits per heavy atom. The first-order chi connectivity index (χ1) is 12.4. The Morgan fingerprint density at radius 2 is 1.48 bits per heavy atom. The Bertz CT molecular complexity index is 882. The zero-order valence-electron chi connectivity index (χ0n) is 13.5. The normalized spacial score (nSPS) is 11.8. The molecule has 0 amide bonds. The minimum atomic E-state index is -0.0304. The predicted molar refractivity (Wildman–Crippen MR) is 104 cm³/mol. The number of rotatable bonds is 5. The number of hydrogen-bond acceptors (Lipinski definition) is 4. The summed E-state index contributed by atoms with van der Waals surface area (Å²) >= 11 is 1.65. The molecule has 2 aromatic heterocycles. The van der Waals surface area contributed by atoms with E-state index in [1.165, 1.54) is 5.56 Å². The summed E-state index contributed by atoms with van der Waals surface area (Å²) in [7, 11) is 0. The number of benzene rings is 2. The molecule has 1 N–H and O–H groups in total. The van der Waals surface area contributed by atoms with E-state index >= 15 is 0 Å². The molecule has 122 valence electrons. The fourth-order valence-corrected chi connectivity index (χ4v) is 3.57. The molecule has 4 aromatic rings. The van der Waals surface area contributed by atoms with E-state index in [-0.39, 0.29) is 6.04 Å². The van der Waals surface area contributed by atoms with Gasteiger partial charge in [-0.2, -0.15) is 0 Å². The number of anilines is 1. The number of thiazole rings is 1. The number of pyridine rings is 1. The maximum atomic E-state index is 4.56. The molecule has 0 aliphatic carbocycles. The average Bonchev–Trinajstić information content (AvgIpc) is 3.17. The molecule has 1 unspecified atom stereocenters. The first kappa shape index (κ1) is 15.5. The summed E-state index contributed by atoms with van der Waals surface area (Å²) in [6.07, 6.45) is 3.74. The molecule has 0 radical (unpaired) electrons. The zero-order chi connectivity index (χ0) is 16.9. The number of hydrogen-bond donors (Lipinski definition) is 1. The van der Waals surface area contributed by atoms with Gasteiger partial charge < -0.3 is 5.32 Å². The molecular formula is C21H17N3S. The molecule has 0 aliphatic rings. The van der Waals surface area contributed by atoms with Crippen molar-refractivity contribution < 1.29 is 0 Å². The van der Waals surface area contributed by atoms with Crippen molar-refractivity contribution in [3.63, 3.8) is 0 Å². The third-order valence-electron chi connectivity index (χ3n) is 3.95. The fourth-order valence-electron chi connectivity index (χ4n) is 2.72. The van der Waals surface area contributed by atoms with Crippen molar-refractivity contribution in [3.05, 3.63) is 103 Å². The lowest BCUT2D eigenvalue weighted by atomic mass is 10.0. The van der Waals surface area contributed by atoms with Crippen LogP contribution in [0, 0.1) is 0 Å². The molecule has 2 heterocycles. The van der Waals surface area contributed by atoms with E-state index in [1.807, 2.05) is 67.0 Å². The molecule has 0 fully saturated rings. The van der Waals surface area contributed by atoms with Gasteiger partial charge in [-0.1, -0.05) is 78.1 Å². The Balaban J connectivity index is 1.65. The quantitative estimate of drug-likeness (QED) is 0.527. The summed E-state index contributed by atoms with van der Waals surface area (Å²) in [4.78, 5) is 10.2.